The van der Waals surface area contributed by atoms with Crippen molar-refractivity contribution in [3.63, 3.8) is 0 Å². The maximum absolute atomic E-state index is 11.9. The van der Waals surface area contributed by atoms with Crippen LogP contribution in [0, 0.1) is 0 Å². The number of rotatable bonds is 12. The van der Waals surface area contributed by atoms with E-state index >= 15 is 0 Å². The Kier molecular flexibility index (Phi) is 19.4. The van der Waals surface area contributed by atoms with E-state index in [4.69, 9.17) is 9.47 Å². The van der Waals surface area contributed by atoms with Gasteiger partial charge in [-0.05, 0) is 12.5 Å². The zero-order valence-corrected chi connectivity index (χ0v) is 22.5. The number of nitrogens with zero attached hydrogens (tertiary/aromatic N) is 1. The Morgan fingerprint density at radius 3 is 2.27 bits per heavy atom. The zero-order chi connectivity index (χ0) is 20.8. The van der Waals surface area contributed by atoms with Crippen molar-refractivity contribution in [1.29, 1.82) is 0 Å². The van der Waals surface area contributed by atoms with Crippen molar-refractivity contribution in [2.45, 2.75) is 33.7 Å². The molecule has 9 heteroatoms. The first-order valence-electron chi connectivity index (χ1n) is 9.04. The number of amides is 2. The number of allylic oxidation sites excluding steroid dienone is 2. The van der Waals surface area contributed by atoms with Gasteiger partial charge >= 0.3 is 64.3 Å². The van der Waals surface area contributed by atoms with Crippen molar-refractivity contribution in [2.24, 2.45) is 0 Å². The maximum atomic E-state index is 11.9. The number of carbonyl (C=O) groups is 3. The molecular formula is C21H32N3O5Rb. The van der Waals surface area contributed by atoms with E-state index in [1.54, 1.807) is 13.1 Å². The molecule has 0 aromatic heterocycles. The molecule has 0 spiro atoms. The fourth-order valence-corrected chi connectivity index (χ4v) is 2.11. The Morgan fingerprint density at radius 1 is 1.03 bits per heavy atom. The average Bonchev–Trinajstić information content (AvgIpc) is 2.69. The van der Waals surface area contributed by atoms with Gasteiger partial charge in [-0.3, -0.25) is 4.79 Å². The topological polar surface area (TPSA) is 108 Å². The van der Waals surface area contributed by atoms with E-state index in [1.807, 2.05) is 31.2 Å². The maximum Gasteiger partial charge on any atom is 1.00 e. The molecule has 2 N–H and O–H groups in total. The second-order valence-electron chi connectivity index (χ2n) is 6.04. The van der Waals surface area contributed by atoms with Crippen LogP contribution in [0.4, 0.5) is 4.79 Å². The standard InChI is InChI=1S/C20H29N3O5.CH4.Rb/c1-15(21-2)11-18(24)12-16-5-7-17(8-6-16)13-23-19(25)14-27-9-4-10-28-20(26)22-3;;/h5-8,11H,4,9-10,12-14H2,1-3H3,(H3,21,22,23,24,25,26);1H4;/q;;+1/p-1. The predicted molar refractivity (Wildman–Crippen MR) is 113 cm³/mol. The van der Waals surface area contributed by atoms with Gasteiger partial charge < -0.3 is 30.2 Å². The summed E-state index contributed by atoms with van der Waals surface area (Å²) in [6.45, 7) is 2.52. The minimum Gasteiger partial charge on any atom is -0.648 e. The van der Waals surface area contributed by atoms with E-state index in [2.05, 4.69) is 16.0 Å². The number of ether oxygens (including phenoxy) is 2. The van der Waals surface area contributed by atoms with Crippen molar-refractivity contribution in [3.05, 3.63) is 52.5 Å². The predicted octanol–water partition coefficient (Wildman–Crippen LogP) is -0.275. The normalized spacial score (nSPS) is 10.2. The SMILES string of the molecule is C.CNC(=O)OCCCOCC(=O)[N-]Cc1ccc(CC(=O)/C=C(/C)NC)cc1.[Rb+]. The smallest absolute Gasteiger partial charge is 0.648 e. The van der Waals surface area contributed by atoms with Gasteiger partial charge in [-0.2, -0.15) is 0 Å². The van der Waals surface area contributed by atoms with Gasteiger partial charge in [-0.25, -0.2) is 4.79 Å². The first kappa shape index (κ1) is 31.1. The third-order valence-corrected chi connectivity index (χ3v) is 3.71. The van der Waals surface area contributed by atoms with Gasteiger partial charge in [-0.1, -0.05) is 37.3 Å². The molecule has 0 aliphatic carbocycles. The van der Waals surface area contributed by atoms with Crippen LogP contribution in [0.5, 0.6) is 0 Å². The second kappa shape index (κ2) is 18.7. The van der Waals surface area contributed by atoms with Gasteiger partial charge in [-0.15, -0.1) is 6.54 Å². The Balaban J connectivity index is 0. The molecule has 0 bridgehead atoms. The molecule has 1 aromatic carbocycles. The summed E-state index contributed by atoms with van der Waals surface area (Å²) >= 11 is 0. The van der Waals surface area contributed by atoms with Crippen LogP contribution < -0.4 is 68.8 Å². The third-order valence-electron chi connectivity index (χ3n) is 3.71. The number of hydrogen-bond acceptors (Lipinski definition) is 6. The quantitative estimate of drug-likeness (QED) is 0.308. The average molecular weight is 492 g/mol. The number of ketones is 1. The summed E-state index contributed by atoms with van der Waals surface area (Å²) < 4.78 is 10.00. The summed E-state index contributed by atoms with van der Waals surface area (Å²) in [6.07, 6.45) is 1.91. The molecule has 0 unspecified atom stereocenters. The van der Waals surface area contributed by atoms with Gasteiger partial charge in [0.1, 0.15) is 0 Å². The summed E-state index contributed by atoms with van der Waals surface area (Å²) in [4.78, 5) is 34.4. The summed E-state index contributed by atoms with van der Waals surface area (Å²) in [6, 6.07) is 7.42. The van der Waals surface area contributed by atoms with Crippen molar-refractivity contribution in [3.8, 4) is 0 Å². The van der Waals surface area contributed by atoms with Crippen molar-refractivity contribution < 1.29 is 82.0 Å². The molecular weight excluding hydrogens is 460 g/mol. The van der Waals surface area contributed by atoms with E-state index in [9.17, 15) is 14.4 Å². The molecule has 0 fully saturated rings. The molecule has 2 amide bonds. The molecule has 30 heavy (non-hydrogen) atoms. The van der Waals surface area contributed by atoms with Gasteiger partial charge in [0.15, 0.2) is 5.78 Å². The van der Waals surface area contributed by atoms with Crippen LogP contribution in [-0.4, -0.2) is 51.7 Å². The third kappa shape index (κ3) is 14.8. The second-order valence-corrected chi connectivity index (χ2v) is 6.04. The molecule has 0 saturated heterocycles. The van der Waals surface area contributed by atoms with Gasteiger partial charge in [0.05, 0.1) is 25.7 Å². The van der Waals surface area contributed by atoms with E-state index in [1.165, 1.54) is 7.05 Å². The Morgan fingerprint density at radius 2 is 1.67 bits per heavy atom. The summed E-state index contributed by atoms with van der Waals surface area (Å²) in [7, 11) is 3.25. The molecule has 162 valence electrons. The van der Waals surface area contributed by atoms with E-state index in [0.717, 1.165) is 16.8 Å². The first-order chi connectivity index (χ1) is 13.4. The molecule has 0 aliphatic rings. The summed E-state index contributed by atoms with van der Waals surface area (Å²) in [5.41, 5.74) is 2.60. The Hall–Kier alpha value is -1.06. The van der Waals surface area contributed by atoms with Crippen LogP contribution in [0.3, 0.4) is 0 Å². The molecule has 1 rings (SSSR count). The monoisotopic (exact) mass is 491 g/mol. The van der Waals surface area contributed by atoms with Crippen LogP contribution in [0.15, 0.2) is 36.0 Å². The number of alkyl carbamates (subject to hydrolysis) is 1. The van der Waals surface area contributed by atoms with Crippen molar-refractivity contribution in [2.75, 3.05) is 33.9 Å². The van der Waals surface area contributed by atoms with Crippen LogP contribution >= 0.6 is 0 Å². The van der Waals surface area contributed by atoms with Gasteiger partial charge in [0.2, 0.25) is 0 Å². The molecule has 0 aliphatic heterocycles. The number of hydrogen-bond donors (Lipinski definition) is 2. The first-order valence-corrected chi connectivity index (χ1v) is 9.04. The van der Waals surface area contributed by atoms with Crippen molar-refractivity contribution in [1.82, 2.24) is 10.6 Å². The van der Waals surface area contributed by atoms with Crippen LogP contribution in [0.1, 0.15) is 31.9 Å². The molecule has 1 aromatic rings. The molecule has 0 atom stereocenters. The Bertz CT molecular complexity index is 678. The van der Waals surface area contributed by atoms with Crippen LogP contribution in [-0.2, 0) is 32.0 Å². The number of benzene rings is 1. The van der Waals surface area contributed by atoms with Gasteiger partial charge in [0, 0.05) is 38.7 Å². The van der Waals surface area contributed by atoms with Crippen molar-refractivity contribution >= 4 is 17.8 Å². The minimum absolute atomic E-state index is 0. The zero-order valence-electron chi connectivity index (χ0n) is 17.6. The summed E-state index contributed by atoms with van der Waals surface area (Å²) in [5, 5.41) is 9.20. The fraction of sp³-hybridized carbons (Fsp3) is 0.476. The fourth-order valence-electron chi connectivity index (χ4n) is 2.11. The number of nitrogens with one attached hydrogen (secondary N) is 2. The van der Waals surface area contributed by atoms with E-state index in [-0.39, 0.29) is 97.1 Å². The molecule has 8 nitrogen and oxygen atoms in total. The molecule has 0 heterocycles. The summed E-state index contributed by atoms with van der Waals surface area (Å²) in [5.74, 6) is -0.323. The van der Waals surface area contributed by atoms with Crippen LogP contribution in [0.2, 0.25) is 0 Å². The van der Waals surface area contributed by atoms with E-state index < -0.39 is 6.09 Å². The minimum atomic E-state index is -0.494. The number of carbonyl (C=O) groups excluding carboxylic acids is 3. The van der Waals surface area contributed by atoms with Crippen LogP contribution in [0.25, 0.3) is 5.32 Å². The van der Waals surface area contributed by atoms with E-state index in [0.29, 0.717) is 19.4 Å². The molecule has 0 radical (unpaired) electrons. The largest absolute Gasteiger partial charge is 1.00 e. The van der Waals surface area contributed by atoms with Gasteiger partial charge in [0.25, 0.3) is 0 Å². The Labute approximate surface area is 228 Å². The molecule has 0 saturated carbocycles.